The highest BCUT2D eigenvalue weighted by molar-refractivity contribution is 7.90. The maximum Gasteiger partial charge on any atom is 0.301 e. The Morgan fingerprint density at radius 3 is 2.94 bits per heavy atom. The molecule has 1 aliphatic heterocycles. The summed E-state index contributed by atoms with van der Waals surface area (Å²) in [4.78, 5) is 0. The summed E-state index contributed by atoms with van der Waals surface area (Å²) in [5.41, 5.74) is 1.78. The molecule has 0 aliphatic carbocycles. The first-order chi connectivity index (χ1) is 8.53. The number of hydrogen-bond donors (Lipinski definition) is 2. The van der Waals surface area contributed by atoms with Gasteiger partial charge in [0.1, 0.15) is 0 Å². The van der Waals surface area contributed by atoms with Crippen LogP contribution in [0.2, 0.25) is 0 Å². The largest absolute Gasteiger partial charge is 0.319 e. The molecule has 0 bridgehead atoms. The van der Waals surface area contributed by atoms with Crippen LogP contribution in [0.4, 0.5) is 5.69 Å². The minimum atomic E-state index is -3.39. The lowest BCUT2D eigenvalue weighted by atomic mass is 10.1. The molecule has 0 aromatic heterocycles. The van der Waals surface area contributed by atoms with Crippen LogP contribution in [0.3, 0.4) is 0 Å². The maximum absolute atomic E-state index is 12.0. The normalized spacial score (nSPS) is 23.0. The summed E-state index contributed by atoms with van der Waals surface area (Å²) in [6.07, 6.45) is 0. The first-order valence-electron chi connectivity index (χ1n) is 6.01. The standard InChI is InChI=1S/C12H19N3O2S/c1-10-4-3-5-12(6-10)15-9-11(7-13-2)8-14-18(15,16)17/h3-6,11,13-14H,7-9H2,1-2H3. The summed E-state index contributed by atoms with van der Waals surface area (Å²) in [7, 11) is -1.51. The summed E-state index contributed by atoms with van der Waals surface area (Å²) in [5, 5.41) is 3.09. The fourth-order valence-corrected chi connectivity index (χ4v) is 3.55. The molecule has 1 heterocycles. The van der Waals surface area contributed by atoms with Crippen LogP contribution in [-0.4, -0.2) is 35.1 Å². The van der Waals surface area contributed by atoms with Crippen molar-refractivity contribution in [3.63, 3.8) is 0 Å². The van der Waals surface area contributed by atoms with Gasteiger partial charge in [0, 0.05) is 25.6 Å². The third-order valence-electron chi connectivity index (χ3n) is 3.05. The third kappa shape index (κ3) is 2.82. The van der Waals surface area contributed by atoms with Gasteiger partial charge in [-0.1, -0.05) is 12.1 Å². The molecule has 1 unspecified atom stereocenters. The molecule has 1 fully saturated rings. The number of anilines is 1. The Labute approximate surface area is 108 Å². The second-order valence-electron chi connectivity index (χ2n) is 4.65. The molecule has 2 N–H and O–H groups in total. The molecule has 2 rings (SSSR count). The zero-order valence-corrected chi connectivity index (χ0v) is 11.5. The Morgan fingerprint density at radius 1 is 1.50 bits per heavy atom. The van der Waals surface area contributed by atoms with Gasteiger partial charge in [-0.2, -0.15) is 13.1 Å². The molecule has 18 heavy (non-hydrogen) atoms. The Hall–Kier alpha value is -1.11. The molecule has 0 saturated carbocycles. The molecule has 1 aromatic carbocycles. The number of rotatable bonds is 3. The number of hydrogen-bond acceptors (Lipinski definition) is 3. The highest BCUT2D eigenvalue weighted by Gasteiger charge is 2.30. The van der Waals surface area contributed by atoms with Crippen LogP contribution in [0, 0.1) is 12.8 Å². The average molecular weight is 269 g/mol. The van der Waals surface area contributed by atoms with Crippen LogP contribution in [0.15, 0.2) is 24.3 Å². The molecule has 1 aliphatic rings. The summed E-state index contributed by atoms with van der Waals surface area (Å²) in [6, 6.07) is 7.55. The SMILES string of the molecule is CNCC1CNS(=O)(=O)N(c2cccc(C)c2)C1. The summed E-state index contributed by atoms with van der Waals surface area (Å²) in [6.45, 7) is 3.76. The zero-order valence-electron chi connectivity index (χ0n) is 10.7. The van der Waals surface area contributed by atoms with Crippen molar-refractivity contribution in [1.29, 1.82) is 0 Å². The summed E-state index contributed by atoms with van der Waals surface area (Å²) in [5.74, 6) is 0.277. The third-order valence-corrected chi connectivity index (χ3v) is 4.52. The molecule has 100 valence electrons. The van der Waals surface area contributed by atoms with Gasteiger partial charge in [0.15, 0.2) is 0 Å². The number of aryl methyl sites for hydroxylation is 1. The fraction of sp³-hybridized carbons (Fsp3) is 0.500. The molecular formula is C12H19N3O2S. The van der Waals surface area contributed by atoms with Crippen LogP contribution in [-0.2, 0) is 10.2 Å². The Balaban J connectivity index is 2.27. The zero-order chi connectivity index (χ0) is 13.2. The smallest absolute Gasteiger partial charge is 0.301 e. The average Bonchev–Trinajstić information content (AvgIpc) is 2.31. The second kappa shape index (κ2) is 5.26. The lowest BCUT2D eigenvalue weighted by molar-refractivity contribution is 0.464. The molecule has 0 spiro atoms. The molecule has 1 saturated heterocycles. The number of nitrogens with one attached hydrogen (secondary N) is 2. The monoisotopic (exact) mass is 269 g/mol. The second-order valence-corrected chi connectivity index (χ2v) is 6.33. The van der Waals surface area contributed by atoms with E-state index in [0.29, 0.717) is 13.1 Å². The van der Waals surface area contributed by atoms with Crippen LogP contribution in [0.1, 0.15) is 5.56 Å². The van der Waals surface area contributed by atoms with Gasteiger partial charge in [0.25, 0.3) is 0 Å². The fourth-order valence-electron chi connectivity index (χ4n) is 2.15. The van der Waals surface area contributed by atoms with Gasteiger partial charge in [0.05, 0.1) is 5.69 Å². The Bertz CT molecular complexity index is 516. The molecule has 1 atom stereocenters. The van der Waals surface area contributed by atoms with Gasteiger partial charge in [0.2, 0.25) is 0 Å². The molecular weight excluding hydrogens is 250 g/mol. The van der Waals surface area contributed by atoms with E-state index in [1.54, 1.807) is 0 Å². The number of benzene rings is 1. The maximum atomic E-state index is 12.0. The first kappa shape index (κ1) is 13.3. The Morgan fingerprint density at radius 2 is 2.28 bits per heavy atom. The lowest BCUT2D eigenvalue weighted by Gasteiger charge is -2.34. The van der Waals surface area contributed by atoms with Crippen molar-refractivity contribution < 1.29 is 8.42 Å². The van der Waals surface area contributed by atoms with Crippen LogP contribution in [0.5, 0.6) is 0 Å². The van der Waals surface area contributed by atoms with Crippen molar-refractivity contribution in [2.45, 2.75) is 6.92 Å². The van der Waals surface area contributed by atoms with E-state index >= 15 is 0 Å². The van der Waals surface area contributed by atoms with Gasteiger partial charge in [-0.3, -0.25) is 4.31 Å². The molecule has 1 aromatic rings. The molecule has 6 heteroatoms. The van der Waals surface area contributed by atoms with Crippen molar-refractivity contribution >= 4 is 15.9 Å². The minimum Gasteiger partial charge on any atom is -0.319 e. The summed E-state index contributed by atoms with van der Waals surface area (Å²) >= 11 is 0. The van der Waals surface area contributed by atoms with Gasteiger partial charge in [-0.05, 0) is 31.7 Å². The van der Waals surface area contributed by atoms with E-state index < -0.39 is 10.2 Å². The van der Waals surface area contributed by atoms with Crippen molar-refractivity contribution in [3.8, 4) is 0 Å². The van der Waals surface area contributed by atoms with Crippen LogP contribution in [0.25, 0.3) is 0 Å². The van der Waals surface area contributed by atoms with E-state index in [1.807, 2.05) is 38.2 Å². The predicted molar refractivity (Wildman–Crippen MR) is 72.9 cm³/mol. The quantitative estimate of drug-likeness (QED) is 0.839. The van der Waals surface area contributed by atoms with Gasteiger partial charge in [-0.15, -0.1) is 0 Å². The Kier molecular flexibility index (Phi) is 3.89. The van der Waals surface area contributed by atoms with E-state index in [-0.39, 0.29) is 5.92 Å². The van der Waals surface area contributed by atoms with E-state index in [9.17, 15) is 8.42 Å². The van der Waals surface area contributed by atoms with Crippen molar-refractivity contribution in [2.24, 2.45) is 5.92 Å². The van der Waals surface area contributed by atoms with Gasteiger partial charge in [-0.25, -0.2) is 0 Å². The first-order valence-corrected chi connectivity index (χ1v) is 7.45. The highest BCUT2D eigenvalue weighted by atomic mass is 32.2. The van der Waals surface area contributed by atoms with E-state index in [0.717, 1.165) is 17.8 Å². The van der Waals surface area contributed by atoms with Gasteiger partial charge < -0.3 is 5.32 Å². The van der Waals surface area contributed by atoms with Crippen molar-refractivity contribution in [2.75, 3.05) is 31.0 Å². The predicted octanol–water partition coefficient (Wildman–Crippen LogP) is 0.485. The van der Waals surface area contributed by atoms with E-state index in [4.69, 9.17) is 0 Å². The van der Waals surface area contributed by atoms with E-state index in [1.165, 1.54) is 4.31 Å². The number of nitrogens with zero attached hydrogens (tertiary/aromatic N) is 1. The molecule has 0 radical (unpaired) electrons. The lowest BCUT2D eigenvalue weighted by Crippen LogP contribution is -2.53. The highest BCUT2D eigenvalue weighted by Crippen LogP contribution is 2.22. The van der Waals surface area contributed by atoms with Crippen LogP contribution >= 0.6 is 0 Å². The van der Waals surface area contributed by atoms with Crippen LogP contribution < -0.4 is 14.3 Å². The van der Waals surface area contributed by atoms with Crippen molar-refractivity contribution in [3.05, 3.63) is 29.8 Å². The molecule has 0 amide bonds. The molecule has 5 nitrogen and oxygen atoms in total. The van der Waals surface area contributed by atoms with E-state index in [2.05, 4.69) is 10.0 Å². The van der Waals surface area contributed by atoms with Crippen molar-refractivity contribution in [1.82, 2.24) is 10.0 Å². The van der Waals surface area contributed by atoms with Gasteiger partial charge >= 0.3 is 10.2 Å². The topological polar surface area (TPSA) is 61.4 Å². The minimum absolute atomic E-state index is 0.277. The summed E-state index contributed by atoms with van der Waals surface area (Å²) < 4.78 is 28.1.